The largest absolute Gasteiger partial charge is 0.0622 e. The van der Waals surface area contributed by atoms with Crippen molar-refractivity contribution >= 4 is 12.2 Å². The molecule has 0 N–H and O–H groups in total. The van der Waals surface area contributed by atoms with Gasteiger partial charge in [-0.15, -0.1) is 0 Å². The molecule has 80 valence electrons. The smallest absolute Gasteiger partial charge is 0.0198 e. The minimum absolute atomic E-state index is 1.24. The maximum absolute atomic E-state index is 2.19. The van der Waals surface area contributed by atoms with Crippen molar-refractivity contribution in [3.8, 4) is 0 Å². The molecule has 0 atom stereocenters. The van der Waals surface area contributed by atoms with Gasteiger partial charge in [0.15, 0.2) is 0 Å². The second-order valence-corrected chi connectivity index (χ2v) is 4.05. The first-order chi connectivity index (χ1) is 7.77. The van der Waals surface area contributed by atoms with E-state index in [0.717, 1.165) is 0 Å². The Balaban J connectivity index is 2.31. The lowest BCUT2D eigenvalue weighted by Gasteiger charge is -2.04. The Kier molecular flexibility index (Phi) is 3.21. The van der Waals surface area contributed by atoms with Crippen LogP contribution in [0.4, 0.5) is 0 Å². The fourth-order valence-corrected chi connectivity index (χ4v) is 1.83. The highest BCUT2D eigenvalue weighted by atomic mass is 14.0. The predicted molar refractivity (Wildman–Crippen MR) is 71.3 cm³/mol. The van der Waals surface area contributed by atoms with Gasteiger partial charge in [-0.1, -0.05) is 60.7 Å². The summed E-state index contributed by atoms with van der Waals surface area (Å²) >= 11 is 0. The Labute approximate surface area is 97.3 Å². The van der Waals surface area contributed by atoms with Crippen molar-refractivity contribution in [2.45, 2.75) is 13.8 Å². The molecule has 2 aromatic rings. The molecule has 0 nitrogen and oxygen atoms in total. The maximum atomic E-state index is 2.19. The summed E-state index contributed by atoms with van der Waals surface area (Å²) in [4.78, 5) is 0. The Morgan fingerprint density at radius 3 is 1.94 bits per heavy atom. The molecule has 2 aromatic carbocycles. The van der Waals surface area contributed by atoms with Gasteiger partial charge in [0, 0.05) is 0 Å². The van der Waals surface area contributed by atoms with Crippen LogP contribution in [0.15, 0.2) is 48.5 Å². The molecule has 0 aliphatic rings. The van der Waals surface area contributed by atoms with Gasteiger partial charge in [-0.25, -0.2) is 0 Å². The molecule has 0 radical (unpaired) electrons. The molecule has 0 saturated carbocycles. The average Bonchev–Trinajstić information content (AvgIpc) is 2.30. The van der Waals surface area contributed by atoms with Crippen LogP contribution in [0.3, 0.4) is 0 Å². The van der Waals surface area contributed by atoms with Crippen molar-refractivity contribution in [1.82, 2.24) is 0 Å². The van der Waals surface area contributed by atoms with Gasteiger partial charge >= 0.3 is 0 Å². The molecule has 0 spiro atoms. The minimum Gasteiger partial charge on any atom is -0.0622 e. The molecule has 0 saturated heterocycles. The van der Waals surface area contributed by atoms with E-state index < -0.39 is 0 Å². The van der Waals surface area contributed by atoms with E-state index >= 15 is 0 Å². The average molecular weight is 208 g/mol. The first-order valence-corrected chi connectivity index (χ1v) is 5.57. The van der Waals surface area contributed by atoms with E-state index in [-0.39, 0.29) is 0 Å². The molecule has 0 amide bonds. The highest BCUT2D eigenvalue weighted by molar-refractivity contribution is 5.72. The van der Waals surface area contributed by atoms with Gasteiger partial charge in [-0.05, 0) is 36.1 Å². The molecule has 0 bridgehead atoms. The third kappa shape index (κ3) is 2.40. The van der Waals surface area contributed by atoms with Crippen LogP contribution in [0.2, 0.25) is 0 Å². The Bertz CT molecular complexity index is 472. The standard InChI is InChI=1S/C16H16/c1-13-7-6-8-14(2)16(13)12-11-15-9-4-3-5-10-15/h3-12H,1-2H3. The predicted octanol–water partition coefficient (Wildman–Crippen LogP) is 4.47. The molecule has 0 heterocycles. The van der Waals surface area contributed by atoms with Crippen molar-refractivity contribution in [3.63, 3.8) is 0 Å². The third-order valence-electron chi connectivity index (χ3n) is 2.78. The van der Waals surface area contributed by atoms with Crippen LogP contribution >= 0.6 is 0 Å². The van der Waals surface area contributed by atoms with Crippen LogP contribution < -0.4 is 0 Å². The summed E-state index contributed by atoms with van der Waals surface area (Å²) < 4.78 is 0. The highest BCUT2D eigenvalue weighted by Gasteiger charge is 1.96. The number of aryl methyl sites for hydroxylation is 2. The summed E-state index contributed by atoms with van der Waals surface area (Å²) in [6.45, 7) is 4.30. The summed E-state index contributed by atoms with van der Waals surface area (Å²) in [7, 11) is 0. The molecule has 0 aliphatic heterocycles. The van der Waals surface area contributed by atoms with E-state index in [9.17, 15) is 0 Å². The summed E-state index contributed by atoms with van der Waals surface area (Å²) in [6.07, 6.45) is 4.36. The van der Waals surface area contributed by atoms with Crippen LogP contribution in [0, 0.1) is 13.8 Å². The third-order valence-corrected chi connectivity index (χ3v) is 2.78. The summed E-state index contributed by atoms with van der Waals surface area (Å²) in [5, 5.41) is 0. The van der Waals surface area contributed by atoms with Gasteiger partial charge in [-0.2, -0.15) is 0 Å². The maximum Gasteiger partial charge on any atom is -0.0198 e. The lowest BCUT2D eigenvalue weighted by atomic mass is 10.0. The van der Waals surface area contributed by atoms with Gasteiger partial charge in [-0.3, -0.25) is 0 Å². The number of hydrogen-bond donors (Lipinski definition) is 0. The summed E-state index contributed by atoms with van der Waals surface area (Å²) in [5.41, 5.74) is 5.22. The van der Waals surface area contributed by atoms with Crippen molar-refractivity contribution < 1.29 is 0 Å². The molecule has 2 rings (SSSR count). The summed E-state index contributed by atoms with van der Waals surface area (Å²) in [6, 6.07) is 16.8. The van der Waals surface area contributed by atoms with Crippen molar-refractivity contribution in [2.75, 3.05) is 0 Å². The first kappa shape index (κ1) is 10.7. The molecule has 16 heavy (non-hydrogen) atoms. The number of rotatable bonds is 2. The second-order valence-electron chi connectivity index (χ2n) is 4.05. The van der Waals surface area contributed by atoms with Crippen LogP contribution in [0.25, 0.3) is 12.2 Å². The van der Waals surface area contributed by atoms with Crippen molar-refractivity contribution in [2.24, 2.45) is 0 Å². The Morgan fingerprint density at radius 1 is 0.688 bits per heavy atom. The Hall–Kier alpha value is -1.82. The first-order valence-electron chi connectivity index (χ1n) is 5.57. The van der Waals surface area contributed by atoms with Crippen molar-refractivity contribution in [1.29, 1.82) is 0 Å². The molecule has 0 fully saturated rings. The lowest BCUT2D eigenvalue weighted by molar-refractivity contribution is 1.36. The Morgan fingerprint density at radius 2 is 1.31 bits per heavy atom. The van der Waals surface area contributed by atoms with Gasteiger partial charge in [0.1, 0.15) is 0 Å². The highest BCUT2D eigenvalue weighted by Crippen LogP contribution is 2.16. The molecule has 0 unspecified atom stereocenters. The monoisotopic (exact) mass is 208 g/mol. The zero-order valence-electron chi connectivity index (χ0n) is 9.77. The van der Waals surface area contributed by atoms with Crippen LogP contribution in [0.5, 0.6) is 0 Å². The minimum atomic E-state index is 1.24. The number of benzene rings is 2. The van der Waals surface area contributed by atoms with E-state index in [1.165, 1.54) is 22.3 Å². The van der Waals surface area contributed by atoms with Crippen LogP contribution in [-0.2, 0) is 0 Å². The van der Waals surface area contributed by atoms with E-state index in [1.54, 1.807) is 0 Å². The molecule has 0 aliphatic carbocycles. The van der Waals surface area contributed by atoms with Gasteiger partial charge < -0.3 is 0 Å². The zero-order valence-corrected chi connectivity index (χ0v) is 9.77. The second kappa shape index (κ2) is 4.80. The molecular formula is C16H16. The lowest BCUT2D eigenvalue weighted by Crippen LogP contribution is -1.84. The van der Waals surface area contributed by atoms with Crippen LogP contribution in [0.1, 0.15) is 22.3 Å². The SMILES string of the molecule is Cc1cccc(C)c1C=Cc1ccccc1. The van der Waals surface area contributed by atoms with E-state index in [1.807, 2.05) is 6.07 Å². The number of hydrogen-bond acceptors (Lipinski definition) is 0. The van der Waals surface area contributed by atoms with E-state index in [4.69, 9.17) is 0 Å². The molecular weight excluding hydrogens is 192 g/mol. The fourth-order valence-electron chi connectivity index (χ4n) is 1.83. The van der Waals surface area contributed by atoms with Gasteiger partial charge in [0.25, 0.3) is 0 Å². The normalized spacial score (nSPS) is 10.9. The van der Waals surface area contributed by atoms with E-state index in [2.05, 4.69) is 68.5 Å². The molecule has 0 heteroatoms. The van der Waals surface area contributed by atoms with Crippen molar-refractivity contribution in [3.05, 3.63) is 70.8 Å². The zero-order chi connectivity index (χ0) is 11.4. The quantitative estimate of drug-likeness (QED) is 0.638. The van der Waals surface area contributed by atoms with Crippen LogP contribution in [-0.4, -0.2) is 0 Å². The summed E-state index contributed by atoms with van der Waals surface area (Å²) in [5.74, 6) is 0. The van der Waals surface area contributed by atoms with E-state index in [0.29, 0.717) is 0 Å². The van der Waals surface area contributed by atoms with Gasteiger partial charge in [0.05, 0.1) is 0 Å². The fraction of sp³-hybridized carbons (Fsp3) is 0.125. The van der Waals surface area contributed by atoms with Gasteiger partial charge in [0.2, 0.25) is 0 Å². The molecule has 0 aromatic heterocycles. The topological polar surface area (TPSA) is 0 Å².